The van der Waals surface area contributed by atoms with Crippen molar-refractivity contribution in [2.45, 2.75) is 26.4 Å². The highest BCUT2D eigenvalue weighted by atomic mass is 19.1. The maximum Gasteiger partial charge on any atom is 0.414 e. The van der Waals surface area contributed by atoms with Crippen LogP contribution in [0.3, 0.4) is 0 Å². The number of amides is 1. The molecular formula is C34H28FN7O3. The predicted octanol–water partition coefficient (Wildman–Crippen LogP) is 8.17. The fourth-order valence-electron chi connectivity index (χ4n) is 4.52. The van der Waals surface area contributed by atoms with E-state index in [1.165, 1.54) is 6.20 Å². The molecule has 3 aromatic carbocycles. The number of nitrogens with zero attached hydrogens (tertiary/aromatic N) is 5. The average molecular weight is 602 g/mol. The number of nitrogens with one attached hydrogen (secondary N) is 2. The van der Waals surface area contributed by atoms with E-state index >= 15 is 0 Å². The smallest absolute Gasteiger partial charge is 0.414 e. The zero-order valence-corrected chi connectivity index (χ0v) is 24.7. The van der Waals surface area contributed by atoms with E-state index in [-0.39, 0.29) is 23.1 Å². The minimum absolute atomic E-state index is 0.0955. The molecule has 0 atom stereocenters. The Morgan fingerprint density at radius 3 is 2.29 bits per heavy atom. The van der Waals surface area contributed by atoms with E-state index in [1.807, 2.05) is 66.7 Å². The number of rotatable bonds is 7. The van der Waals surface area contributed by atoms with Gasteiger partial charge in [0.15, 0.2) is 11.6 Å². The van der Waals surface area contributed by atoms with Crippen LogP contribution in [0, 0.1) is 5.82 Å². The van der Waals surface area contributed by atoms with Crippen LogP contribution in [0.25, 0.3) is 33.3 Å². The maximum absolute atomic E-state index is 14.9. The lowest BCUT2D eigenvalue weighted by atomic mass is 10.0. The van der Waals surface area contributed by atoms with E-state index < -0.39 is 17.5 Å². The molecule has 6 aromatic rings. The highest BCUT2D eigenvalue weighted by molar-refractivity contribution is 6.00. The molecule has 10 nitrogen and oxygen atoms in total. The maximum atomic E-state index is 14.9. The van der Waals surface area contributed by atoms with Gasteiger partial charge < -0.3 is 14.8 Å². The van der Waals surface area contributed by atoms with Gasteiger partial charge in [-0.15, -0.1) is 10.2 Å². The van der Waals surface area contributed by atoms with Crippen LogP contribution in [0.2, 0.25) is 0 Å². The number of benzene rings is 3. The van der Waals surface area contributed by atoms with Crippen LogP contribution >= 0.6 is 0 Å². The summed E-state index contributed by atoms with van der Waals surface area (Å²) in [6.07, 6.45) is 1.73. The molecular weight excluding hydrogens is 573 g/mol. The number of aromatic nitrogens is 5. The van der Waals surface area contributed by atoms with E-state index in [0.717, 1.165) is 33.9 Å². The zero-order chi connectivity index (χ0) is 31.4. The van der Waals surface area contributed by atoms with Crippen molar-refractivity contribution in [3.05, 3.63) is 109 Å². The highest BCUT2D eigenvalue weighted by Gasteiger charge is 2.20. The molecule has 0 saturated heterocycles. The van der Waals surface area contributed by atoms with E-state index in [2.05, 4.69) is 35.8 Å². The largest absolute Gasteiger partial charge is 0.444 e. The summed E-state index contributed by atoms with van der Waals surface area (Å²) >= 11 is 0. The predicted molar refractivity (Wildman–Crippen MR) is 170 cm³/mol. The molecule has 1 amide bonds. The molecule has 0 fully saturated rings. The van der Waals surface area contributed by atoms with Crippen molar-refractivity contribution in [2.75, 3.05) is 10.6 Å². The molecule has 6 rings (SSSR count). The summed E-state index contributed by atoms with van der Waals surface area (Å²) in [5, 5.41) is 16.7. The summed E-state index contributed by atoms with van der Waals surface area (Å²) in [7, 11) is 0. The molecule has 11 heteroatoms. The number of fused-ring (bicyclic) bond motifs is 1. The number of hydrogen-bond donors (Lipinski definition) is 2. The topological polar surface area (TPSA) is 124 Å². The third-order valence-corrected chi connectivity index (χ3v) is 6.45. The van der Waals surface area contributed by atoms with E-state index in [9.17, 15) is 9.18 Å². The molecule has 0 aliphatic carbocycles. The molecule has 0 radical (unpaired) electrons. The number of ether oxygens (including phenoxy) is 2. The normalized spacial score (nSPS) is 11.2. The fraction of sp³-hybridized carbons (Fsp3) is 0.118. The van der Waals surface area contributed by atoms with Crippen molar-refractivity contribution >= 4 is 34.3 Å². The second-order valence-electron chi connectivity index (χ2n) is 10.9. The van der Waals surface area contributed by atoms with Gasteiger partial charge in [0, 0.05) is 28.2 Å². The number of anilines is 3. The van der Waals surface area contributed by atoms with Crippen molar-refractivity contribution in [2.24, 2.45) is 0 Å². The van der Waals surface area contributed by atoms with Crippen molar-refractivity contribution in [3.63, 3.8) is 0 Å². The Kier molecular flexibility index (Phi) is 7.98. The molecule has 0 unspecified atom stereocenters. The standard InChI is InChI=1S/C34H28FN7O3/c1-34(2,3)45-33(43)40-32-37-20-27(35)29(39-32)26-14-9-19-36-31(26)44-23-17-15-22(16-18-23)38-30-25-13-8-7-12-24(25)28(41-42-30)21-10-5-4-6-11-21/h4-20H,1-3H3,(H,38,42)(H,37,39,40,43). The Morgan fingerprint density at radius 1 is 0.800 bits per heavy atom. The molecule has 3 aromatic heterocycles. The van der Waals surface area contributed by atoms with Crippen LogP contribution in [0.15, 0.2) is 103 Å². The minimum Gasteiger partial charge on any atom is -0.444 e. The van der Waals surface area contributed by atoms with Gasteiger partial charge in [-0.1, -0.05) is 54.6 Å². The van der Waals surface area contributed by atoms with Crippen LogP contribution in [0.4, 0.5) is 26.6 Å². The van der Waals surface area contributed by atoms with Gasteiger partial charge in [0.05, 0.1) is 11.8 Å². The Labute approximate surface area is 258 Å². The summed E-state index contributed by atoms with van der Waals surface area (Å²) in [5.74, 6) is 0.345. The summed E-state index contributed by atoms with van der Waals surface area (Å²) in [6, 6.07) is 28.3. The van der Waals surface area contributed by atoms with Crippen LogP contribution in [-0.2, 0) is 4.74 Å². The molecule has 3 heterocycles. The van der Waals surface area contributed by atoms with Crippen molar-refractivity contribution in [1.82, 2.24) is 25.1 Å². The molecule has 45 heavy (non-hydrogen) atoms. The molecule has 0 bridgehead atoms. The van der Waals surface area contributed by atoms with Crippen molar-refractivity contribution in [3.8, 4) is 34.1 Å². The summed E-state index contributed by atoms with van der Waals surface area (Å²) in [6.45, 7) is 5.18. The van der Waals surface area contributed by atoms with Gasteiger partial charge in [0.25, 0.3) is 0 Å². The van der Waals surface area contributed by atoms with Crippen LogP contribution in [0.1, 0.15) is 20.8 Å². The summed E-state index contributed by atoms with van der Waals surface area (Å²) in [4.78, 5) is 24.5. The van der Waals surface area contributed by atoms with Gasteiger partial charge in [-0.05, 0) is 57.2 Å². The third kappa shape index (κ3) is 6.83. The van der Waals surface area contributed by atoms with Gasteiger partial charge in [-0.2, -0.15) is 0 Å². The van der Waals surface area contributed by atoms with Gasteiger partial charge in [-0.3, -0.25) is 5.32 Å². The lowest BCUT2D eigenvalue weighted by Gasteiger charge is -2.19. The quantitative estimate of drug-likeness (QED) is 0.186. The van der Waals surface area contributed by atoms with E-state index in [1.54, 1.807) is 45.0 Å². The number of carbonyl (C=O) groups is 1. The average Bonchev–Trinajstić information content (AvgIpc) is 3.03. The second kappa shape index (κ2) is 12.3. The van der Waals surface area contributed by atoms with Crippen molar-refractivity contribution < 1.29 is 18.7 Å². The Morgan fingerprint density at radius 2 is 1.53 bits per heavy atom. The first-order valence-electron chi connectivity index (χ1n) is 14.1. The number of carbonyl (C=O) groups excluding carboxylic acids is 1. The Hall–Kier alpha value is -5.97. The van der Waals surface area contributed by atoms with Gasteiger partial charge in [0.2, 0.25) is 11.8 Å². The van der Waals surface area contributed by atoms with Gasteiger partial charge in [0.1, 0.15) is 22.7 Å². The molecule has 224 valence electrons. The van der Waals surface area contributed by atoms with Gasteiger partial charge in [-0.25, -0.2) is 24.1 Å². The second-order valence-corrected chi connectivity index (χ2v) is 10.9. The number of halogens is 1. The fourth-order valence-corrected chi connectivity index (χ4v) is 4.52. The van der Waals surface area contributed by atoms with E-state index in [0.29, 0.717) is 11.6 Å². The van der Waals surface area contributed by atoms with Crippen LogP contribution in [-0.4, -0.2) is 36.8 Å². The zero-order valence-electron chi connectivity index (χ0n) is 24.7. The number of hydrogen-bond acceptors (Lipinski definition) is 9. The van der Waals surface area contributed by atoms with Crippen LogP contribution in [0.5, 0.6) is 11.6 Å². The molecule has 0 saturated carbocycles. The lowest BCUT2D eigenvalue weighted by molar-refractivity contribution is 0.0634. The third-order valence-electron chi connectivity index (χ3n) is 6.45. The molecule has 0 aliphatic rings. The lowest BCUT2D eigenvalue weighted by Crippen LogP contribution is -2.27. The monoisotopic (exact) mass is 601 g/mol. The first kappa shape index (κ1) is 29.1. The Balaban J connectivity index is 1.22. The highest BCUT2D eigenvalue weighted by Crippen LogP contribution is 2.34. The first-order valence-corrected chi connectivity index (χ1v) is 14.1. The summed E-state index contributed by atoms with van der Waals surface area (Å²) < 4.78 is 26.2. The molecule has 0 aliphatic heterocycles. The number of pyridine rings is 1. The van der Waals surface area contributed by atoms with Crippen molar-refractivity contribution in [1.29, 1.82) is 0 Å². The summed E-state index contributed by atoms with van der Waals surface area (Å²) in [5.41, 5.74) is 2.00. The van der Waals surface area contributed by atoms with Gasteiger partial charge >= 0.3 is 6.09 Å². The minimum atomic E-state index is -0.762. The van der Waals surface area contributed by atoms with Crippen LogP contribution < -0.4 is 15.4 Å². The SMILES string of the molecule is CC(C)(C)OC(=O)Nc1ncc(F)c(-c2cccnc2Oc2ccc(Nc3nnc(-c4ccccc4)c4ccccc34)cc2)n1. The molecule has 2 N–H and O–H groups in total. The molecule has 0 spiro atoms. The first-order chi connectivity index (χ1) is 21.7. The Bertz CT molecular complexity index is 1980. The van der Waals surface area contributed by atoms with E-state index in [4.69, 9.17) is 9.47 Å².